The van der Waals surface area contributed by atoms with Crippen molar-refractivity contribution in [1.29, 1.82) is 0 Å². The van der Waals surface area contributed by atoms with Crippen LogP contribution in [0.3, 0.4) is 0 Å². The van der Waals surface area contributed by atoms with Gasteiger partial charge in [0.15, 0.2) is 0 Å². The number of nitrogens with zero attached hydrogens (tertiary/aromatic N) is 3. The van der Waals surface area contributed by atoms with Crippen molar-refractivity contribution < 1.29 is 27.5 Å². The normalized spacial score (nSPS) is 19.4. The van der Waals surface area contributed by atoms with Crippen molar-refractivity contribution in [2.45, 2.75) is 44.5 Å². The Bertz CT molecular complexity index is 1080. The number of ether oxygens (including phenoxy) is 1. The molecule has 12 heteroatoms. The van der Waals surface area contributed by atoms with E-state index in [0.717, 1.165) is 17.4 Å². The zero-order valence-electron chi connectivity index (χ0n) is 19.3. The summed E-state index contributed by atoms with van der Waals surface area (Å²) in [6, 6.07) is 1.04. The van der Waals surface area contributed by atoms with Gasteiger partial charge in [0.1, 0.15) is 11.9 Å². The molecule has 2 aromatic heterocycles. The first-order valence-electron chi connectivity index (χ1n) is 11.2. The predicted octanol–water partition coefficient (Wildman–Crippen LogP) is 3.46. The molecule has 2 N–H and O–H groups in total. The molecule has 2 aliphatic rings. The van der Waals surface area contributed by atoms with E-state index in [1.54, 1.807) is 9.80 Å². The number of fused-ring (bicyclic) bond motifs is 1. The van der Waals surface area contributed by atoms with E-state index in [1.807, 2.05) is 13.8 Å². The number of carbonyl (C=O) groups is 2. The van der Waals surface area contributed by atoms with Gasteiger partial charge in [-0.15, -0.1) is 11.3 Å². The topological polar surface area (TPSA) is 86.8 Å². The molecule has 4 rings (SSSR count). The highest BCUT2D eigenvalue weighted by atomic mass is 32.1. The number of thiophene rings is 1. The van der Waals surface area contributed by atoms with E-state index < -0.39 is 17.6 Å². The summed E-state index contributed by atoms with van der Waals surface area (Å²) in [5.41, 5.74) is -0.819. The van der Waals surface area contributed by atoms with Gasteiger partial charge in [0, 0.05) is 63.5 Å². The Hall–Kier alpha value is -2.60. The van der Waals surface area contributed by atoms with Gasteiger partial charge in [0.2, 0.25) is 0 Å². The molecule has 0 radical (unpaired) electrons. The van der Waals surface area contributed by atoms with Crippen LogP contribution in [0.25, 0.3) is 10.2 Å². The summed E-state index contributed by atoms with van der Waals surface area (Å²) in [6.45, 7) is 6.63. The molecule has 0 bridgehead atoms. The number of anilines is 1. The smallest absolute Gasteiger partial charge is 0.417 e. The molecule has 0 spiro atoms. The molecule has 0 unspecified atom stereocenters. The molecule has 0 saturated carbocycles. The second-order valence-corrected chi connectivity index (χ2v) is 10.1. The minimum Gasteiger partial charge on any atom is -0.446 e. The predicted molar refractivity (Wildman–Crippen MR) is 123 cm³/mol. The summed E-state index contributed by atoms with van der Waals surface area (Å²) >= 11 is 0.859. The summed E-state index contributed by atoms with van der Waals surface area (Å²) in [4.78, 5) is 32.6. The van der Waals surface area contributed by atoms with Crippen molar-refractivity contribution in [3.05, 3.63) is 22.6 Å². The van der Waals surface area contributed by atoms with Crippen molar-refractivity contribution in [2.75, 3.05) is 44.7 Å². The molecule has 8 nitrogen and oxygen atoms in total. The fraction of sp³-hybridized carbons (Fsp3) is 0.591. The highest BCUT2D eigenvalue weighted by molar-refractivity contribution is 7.17. The summed E-state index contributed by atoms with van der Waals surface area (Å²) < 4.78 is 47.0. The Morgan fingerprint density at radius 2 is 1.97 bits per heavy atom. The van der Waals surface area contributed by atoms with Crippen LogP contribution >= 0.6 is 11.3 Å². The highest BCUT2D eigenvalue weighted by Crippen LogP contribution is 2.40. The van der Waals surface area contributed by atoms with E-state index >= 15 is 0 Å². The fourth-order valence-electron chi connectivity index (χ4n) is 4.38. The van der Waals surface area contributed by atoms with Gasteiger partial charge in [-0.2, -0.15) is 13.2 Å². The molecular formula is C22H28F3N5O3S. The Morgan fingerprint density at radius 1 is 1.26 bits per heavy atom. The van der Waals surface area contributed by atoms with Crippen molar-refractivity contribution in [1.82, 2.24) is 20.5 Å². The van der Waals surface area contributed by atoms with E-state index in [1.165, 1.54) is 12.4 Å². The summed E-state index contributed by atoms with van der Waals surface area (Å²) in [6.07, 6.45) is -4.29. The van der Waals surface area contributed by atoms with Crippen LogP contribution in [-0.2, 0) is 10.9 Å². The van der Waals surface area contributed by atoms with E-state index in [9.17, 15) is 22.8 Å². The monoisotopic (exact) mass is 499 g/mol. The summed E-state index contributed by atoms with van der Waals surface area (Å²) in [5.74, 6) is -0.317. The second kappa shape index (κ2) is 9.21. The maximum absolute atomic E-state index is 13.8. The van der Waals surface area contributed by atoms with Gasteiger partial charge in [-0.1, -0.05) is 0 Å². The number of carbonyl (C=O) groups excluding carboxylic acids is 2. The Balaban J connectivity index is 1.48. The molecule has 186 valence electrons. The maximum Gasteiger partial charge on any atom is 0.417 e. The van der Waals surface area contributed by atoms with Gasteiger partial charge in [0.05, 0.1) is 21.3 Å². The number of rotatable bonds is 3. The largest absolute Gasteiger partial charge is 0.446 e. The van der Waals surface area contributed by atoms with E-state index in [-0.39, 0.29) is 39.3 Å². The molecule has 34 heavy (non-hydrogen) atoms. The third kappa shape index (κ3) is 5.07. The molecule has 2 aromatic rings. The molecule has 2 aliphatic heterocycles. The van der Waals surface area contributed by atoms with E-state index in [0.29, 0.717) is 45.6 Å². The number of piperidine rings is 1. The van der Waals surface area contributed by atoms with Crippen LogP contribution in [-0.4, -0.2) is 73.3 Å². The molecular weight excluding hydrogens is 471 g/mol. The van der Waals surface area contributed by atoms with Crippen molar-refractivity contribution in [2.24, 2.45) is 0 Å². The van der Waals surface area contributed by atoms with Crippen LogP contribution in [0.4, 0.5) is 23.8 Å². The van der Waals surface area contributed by atoms with Crippen molar-refractivity contribution in [3.63, 3.8) is 0 Å². The first kappa shape index (κ1) is 24.5. The first-order valence-corrected chi connectivity index (χ1v) is 12.0. The number of alkyl halides is 3. The van der Waals surface area contributed by atoms with E-state index in [2.05, 4.69) is 15.6 Å². The highest BCUT2D eigenvalue weighted by Gasteiger charge is 2.37. The number of nitrogens with one attached hydrogen (secondary N) is 2. The number of amides is 2. The Labute approximate surface area is 199 Å². The van der Waals surface area contributed by atoms with Gasteiger partial charge in [-0.05, 0) is 19.9 Å². The summed E-state index contributed by atoms with van der Waals surface area (Å²) in [5, 5.41) is 7.19. The van der Waals surface area contributed by atoms with Gasteiger partial charge >= 0.3 is 12.3 Å². The maximum atomic E-state index is 13.8. The van der Waals surface area contributed by atoms with Gasteiger partial charge < -0.3 is 25.2 Å². The molecule has 0 aromatic carbocycles. The van der Waals surface area contributed by atoms with Crippen molar-refractivity contribution in [3.8, 4) is 0 Å². The fourth-order valence-corrected chi connectivity index (χ4v) is 5.40. The van der Waals surface area contributed by atoms with Gasteiger partial charge in [-0.25, -0.2) is 9.78 Å². The third-order valence-electron chi connectivity index (χ3n) is 6.15. The number of hydrogen-bond donors (Lipinski definition) is 2. The third-order valence-corrected chi connectivity index (χ3v) is 7.15. The SMILES string of the molecule is CNC(=O)c1csc2c(C(F)(F)F)cc(N3CCC(OC(=O)N4CCNC(C)(C)C4)CC3)nc12. The van der Waals surface area contributed by atoms with Gasteiger partial charge in [-0.3, -0.25) is 4.79 Å². The molecule has 2 amide bonds. The van der Waals surface area contributed by atoms with Crippen LogP contribution in [0.1, 0.15) is 42.6 Å². The quantitative estimate of drug-likeness (QED) is 0.673. The lowest BCUT2D eigenvalue weighted by Crippen LogP contribution is -2.58. The lowest BCUT2D eigenvalue weighted by molar-refractivity contribution is -0.136. The average molecular weight is 500 g/mol. The number of aromatic nitrogens is 1. The Kier molecular flexibility index (Phi) is 6.65. The first-order chi connectivity index (χ1) is 16.0. The van der Waals surface area contributed by atoms with Crippen molar-refractivity contribution >= 4 is 39.4 Å². The number of halogens is 3. The number of piperazine rings is 1. The van der Waals surface area contributed by atoms with Crippen LogP contribution in [0.2, 0.25) is 0 Å². The van der Waals surface area contributed by atoms with E-state index in [4.69, 9.17) is 4.74 Å². The van der Waals surface area contributed by atoms with Crippen LogP contribution < -0.4 is 15.5 Å². The molecule has 2 fully saturated rings. The number of pyridine rings is 1. The molecule has 0 aliphatic carbocycles. The van der Waals surface area contributed by atoms with Crippen LogP contribution in [0.15, 0.2) is 11.4 Å². The minimum absolute atomic E-state index is 0.0454. The zero-order chi connectivity index (χ0) is 24.7. The number of hydrogen-bond acceptors (Lipinski definition) is 7. The minimum atomic E-state index is -4.58. The summed E-state index contributed by atoms with van der Waals surface area (Å²) in [7, 11) is 1.42. The van der Waals surface area contributed by atoms with Gasteiger partial charge in [0.25, 0.3) is 5.91 Å². The Morgan fingerprint density at radius 3 is 2.59 bits per heavy atom. The molecule has 2 saturated heterocycles. The van der Waals surface area contributed by atoms with Crippen LogP contribution in [0, 0.1) is 0 Å². The molecule has 0 atom stereocenters. The average Bonchev–Trinajstić information content (AvgIpc) is 3.21. The standard InChI is InChI=1S/C22H28F3N5O3S/c1-21(2)12-30(9-6-27-21)20(32)33-13-4-7-29(8-5-13)16-10-15(22(23,24)25)18-17(28-16)14(11-34-18)19(31)26-3/h10-11,13,27H,4-9,12H2,1-3H3,(H,26,31). The zero-order valence-corrected chi connectivity index (χ0v) is 20.1. The molecule has 4 heterocycles. The lowest BCUT2D eigenvalue weighted by atomic mass is 10.0. The lowest BCUT2D eigenvalue weighted by Gasteiger charge is -2.39. The second-order valence-electron chi connectivity index (χ2n) is 9.23. The van der Waals surface area contributed by atoms with Crippen LogP contribution in [0.5, 0.6) is 0 Å².